The molecule has 3 aromatic rings. The van der Waals surface area contributed by atoms with Gasteiger partial charge in [-0.25, -0.2) is 9.59 Å². The van der Waals surface area contributed by atoms with Crippen molar-refractivity contribution >= 4 is 39.7 Å². The van der Waals surface area contributed by atoms with Gasteiger partial charge in [-0.1, -0.05) is 0 Å². The highest BCUT2D eigenvalue weighted by atomic mass is 32.1. The number of aromatic nitrogens is 1. The van der Waals surface area contributed by atoms with E-state index in [0.717, 1.165) is 62.2 Å². The van der Waals surface area contributed by atoms with Gasteiger partial charge in [0.1, 0.15) is 10.0 Å². The molecule has 0 spiro atoms. The van der Waals surface area contributed by atoms with Gasteiger partial charge in [-0.05, 0) is 75.3 Å². The van der Waals surface area contributed by atoms with E-state index in [-0.39, 0.29) is 12.0 Å². The predicted octanol–water partition coefficient (Wildman–Crippen LogP) is 5.01. The molecule has 0 atom stereocenters. The van der Waals surface area contributed by atoms with Crippen LogP contribution < -0.4 is 16.0 Å². The van der Waals surface area contributed by atoms with Gasteiger partial charge in [0, 0.05) is 40.8 Å². The molecule has 0 aromatic carbocycles. The molecule has 3 N–H and O–H groups in total. The van der Waals surface area contributed by atoms with E-state index in [9.17, 15) is 9.59 Å². The monoisotopic (exact) mass is 498 g/mol. The topological polar surface area (TPSA) is 84.4 Å². The molecule has 9 heteroatoms. The Balaban J connectivity index is 1.36. The van der Waals surface area contributed by atoms with Crippen LogP contribution in [-0.2, 0) is 37.1 Å². The minimum absolute atomic E-state index is 0.297. The van der Waals surface area contributed by atoms with Gasteiger partial charge < -0.3 is 19.9 Å². The van der Waals surface area contributed by atoms with E-state index in [1.165, 1.54) is 32.2 Å². The second-order valence-electron chi connectivity index (χ2n) is 8.60. The number of amides is 2. The van der Waals surface area contributed by atoms with Gasteiger partial charge in [-0.2, -0.15) is 0 Å². The number of ether oxygens (including phenoxy) is 1. The summed E-state index contributed by atoms with van der Waals surface area (Å²) in [7, 11) is 0. The third-order valence-electron chi connectivity index (χ3n) is 6.39. The lowest BCUT2D eigenvalue weighted by atomic mass is 9.95. The molecule has 180 valence electrons. The van der Waals surface area contributed by atoms with Crippen LogP contribution in [0.15, 0.2) is 24.5 Å². The van der Waals surface area contributed by atoms with Crippen molar-refractivity contribution in [2.45, 2.75) is 58.5 Å². The zero-order valence-electron chi connectivity index (χ0n) is 19.4. The van der Waals surface area contributed by atoms with Crippen LogP contribution in [0.4, 0.5) is 9.80 Å². The number of hydrogen-bond acceptors (Lipinski definition) is 6. The fourth-order valence-corrected chi connectivity index (χ4v) is 7.39. The number of carbonyl (C=O) groups is 2. The quantitative estimate of drug-likeness (QED) is 0.417. The molecule has 34 heavy (non-hydrogen) atoms. The summed E-state index contributed by atoms with van der Waals surface area (Å²) in [6.07, 6.45) is 10.2. The summed E-state index contributed by atoms with van der Waals surface area (Å²) in [5.74, 6) is -0.345. The lowest BCUT2D eigenvalue weighted by Gasteiger charge is -2.13. The number of esters is 1. The van der Waals surface area contributed by atoms with Gasteiger partial charge in [0.25, 0.3) is 0 Å². The molecule has 2 aliphatic rings. The van der Waals surface area contributed by atoms with Crippen LogP contribution in [0.25, 0.3) is 5.00 Å². The number of nitrogens with zero attached hydrogens (tertiary/aromatic N) is 1. The number of hydrogen-bond donors (Lipinski definition) is 3. The van der Waals surface area contributed by atoms with Crippen molar-refractivity contribution in [3.05, 3.63) is 56.5 Å². The summed E-state index contributed by atoms with van der Waals surface area (Å²) in [6, 6.07) is 3.74. The zero-order chi connectivity index (χ0) is 23.5. The number of nitrogens with one attached hydrogen (secondary N) is 3. The van der Waals surface area contributed by atoms with E-state index in [0.29, 0.717) is 23.7 Å². The maximum absolute atomic E-state index is 13.0. The minimum atomic E-state index is -0.345. The second kappa shape index (κ2) is 10.3. The van der Waals surface area contributed by atoms with Crippen LogP contribution in [-0.4, -0.2) is 29.7 Å². The number of rotatable bonds is 6. The van der Waals surface area contributed by atoms with E-state index in [4.69, 9.17) is 4.74 Å². The predicted molar refractivity (Wildman–Crippen MR) is 136 cm³/mol. The normalized spacial score (nSPS) is 15.2. The summed E-state index contributed by atoms with van der Waals surface area (Å²) in [6.45, 7) is 4.43. The highest BCUT2D eigenvalue weighted by Gasteiger charge is 2.27. The van der Waals surface area contributed by atoms with Crippen LogP contribution in [0, 0.1) is 0 Å². The lowest BCUT2D eigenvalue weighted by molar-refractivity contribution is 0.0526. The first-order chi connectivity index (χ1) is 16.7. The largest absolute Gasteiger partial charge is 0.462 e. The van der Waals surface area contributed by atoms with Crippen LogP contribution in [0.2, 0.25) is 0 Å². The molecule has 0 fully saturated rings. The molecular formula is C25H30N4O3S2. The third kappa shape index (κ3) is 4.64. The number of aryl methyl sites for hydroxylation is 1. The zero-order valence-corrected chi connectivity index (χ0v) is 21.0. The molecule has 0 saturated heterocycles. The van der Waals surface area contributed by atoms with Crippen LogP contribution in [0.3, 0.4) is 0 Å². The molecule has 5 rings (SSSR count). The number of anilines is 1. The van der Waals surface area contributed by atoms with Gasteiger partial charge in [0.2, 0.25) is 0 Å². The fourth-order valence-electron chi connectivity index (χ4n) is 4.81. The molecule has 0 saturated carbocycles. The molecule has 4 heterocycles. The number of fused-ring (bicyclic) bond motifs is 2. The average molecular weight is 499 g/mol. The summed E-state index contributed by atoms with van der Waals surface area (Å²) in [4.78, 5) is 28.2. The van der Waals surface area contributed by atoms with Gasteiger partial charge in [0.15, 0.2) is 0 Å². The first-order valence-electron chi connectivity index (χ1n) is 12.0. The van der Waals surface area contributed by atoms with Gasteiger partial charge in [-0.15, -0.1) is 22.7 Å². The molecule has 2 amide bonds. The minimum Gasteiger partial charge on any atom is -0.462 e. The van der Waals surface area contributed by atoms with Crippen molar-refractivity contribution in [1.82, 2.24) is 15.2 Å². The summed E-state index contributed by atoms with van der Waals surface area (Å²) in [5.41, 5.74) is 4.11. The van der Waals surface area contributed by atoms with Gasteiger partial charge >= 0.3 is 12.0 Å². The second-order valence-corrected chi connectivity index (χ2v) is 10.8. The Morgan fingerprint density at radius 1 is 1.06 bits per heavy atom. The third-order valence-corrected chi connectivity index (χ3v) is 8.88. The van der Waals surface area contributed by atoms with E-state index in [1.54, 1.807) is 18.3 Å². The summed E-state index contributed by atoms with van der Waals surface area (Å²) < 4.78 is 7.44. The number of thiophene rings is 2. The van der Waals surface area contributed by atoms with Gasteiger partial charge in [0.05, 0.1) is 12.2 Å². The maximum atomic E-state index is 13.0. The van der Waals surface area contributed by atoms with Crippen LogP contribution >= 0.6 is 22.7 Å². The Kier molecular flexibility index (Phi) is 7.03. The molecule has 1 aliphatic carbocycles. The molecule has 7 nitrogen and oxygen atoms in total. The fraction of sp³-hybridized carbons (Fsp3) is 0.440. The van der Waals surface area contributed by atoms with Crippen molar-refractivity contribution < 1.29 is 14.3 Å². The Labute approximate surface area is 207 Å². The Hall–Kier alpha value is -2.62. The van der Waals surface area contributed by atoms with E-state index in [1.807, 2.05) is 24.5 Å². The molecule has 1 aliphatic heterocycles. The van der Waals surface area contributed by atoms with E-state index in [2.05, 4.69) is 20.5 Å². The number of carbonyl (C=O) groups excluding carboxylic acids is 2. The summed E-state index contributed by atoms with van der Waals surface area (Å²) >= 11 is 3.30. The van der Waals surface area contributed by atoms with Crippen molar-refractivity contribution in [3.8, 4) is 5.00 Å². The SMILES string of the molecule is CCOC(=O)c1c(NC(=O)NCc2c(-n3cccc3)sc3c2CCCNC3)sc2c1CCCC2. The summed E-state index contributed by atoms with van der Waals surface area (Å²) in [5, 5.41) is 11.3. The van der Waals surface area contributed by atoms with Crippen molar-refractivity contribution in [3.63, 3.8) is 0 Å². The highest BCUT2D eigenvalue weighted by Crippen LogP contribution is 2.39. The van der Waals surface area contributed by atoms with Crippen molar-refractivity contribution in [1.29, 1.82) is 0 Å². The van der Waals surface area contributed by atoms with Crippen molar-refractivity contribution in [2.75, 3.05) is 18.5 Å². The Morgan fingerprint density at radius 2 is 1.85 bits per heavy atom. The highest BCUT2D eigenvalue weighted by molar-refractivity contribution is 7.17. The van der Waals surface area contributed by atoms with E-state index >= 15 is 0 Å². The molecule has 0 bridgehead atoms. The Bertz CT molecular complexity index is 1180. The van der Waals surface area contributed by atoms with Crippen LogP contribution in [0.1, 0.15) is 63.0 Å². The maximum Gasteiger partial charge on any atom is 0.341 e. The van der Waals surface area contributed by atoms with Gasteiger partial charge in [-0.3, -0.25) is 5.32 Å². The van der Waals surface area contributed by atoms with E-state index < -0.39 is 0 Å². The van der Waals surface area contributed by atoms with Crippen LogP contribution in [0.5, 0.6) is 0 Å². The lowest BCUT2D eigenvalue weighted by Crippen LogP contribution is -2.29. The molecule has 0 unspecified atom stereocenters. The molecule has 3 aromatic heterocycles. The average Bonchev–Trinajstić information content (AvgIpc) is 3.52. The Morgan fingerprint density at radius 3 is 2.68 bits per heavy atom. The molecule has 0 radical (unpaired) electrons. The molecular weight excluding hydrogens is 468 g/mol. The standard InChI is InChI=1S/C25H30N4O3S2/c1-2-32-24(30)21-17-8-3-4-10-19(17)33-22(21)28-25(31)27-14-18-16-9-7-11-26-15-20(16)34-23(18)29-12-5-6-13-29/h5-6,12-13,26H,2-4,7-11,14-15H2,1H3,(H2,27,28,31). The number of urea groups is 1. The van der Waals surface area contributed by atoms with Crippen molar-refractivity contribution in [2.24, 2.45) is 0 Å². The first-order valence-corrected chi connectivity index (χ1v) is 13.6. The first kappa shape index (κ1) is 23.1. The smallest absolute Gasteiger partial charge is 0.341 e.